The summed E-state index contributed by atoms with van der Waals surface area (Å²) >= 11 is 0. The maximum absolute atomic E-state index is 13.9. The molecule has 3 nitrogen and oxygen atoms in total. The molecule has 3 rings (SSSR count). The summed E-state index contributed by atoms with van der Waals surface area (Å²) in [4.78, 5) is 15.6. The minimum Gasteiger partial charge on any atom is -0.478 e. The van der Waals surface area contributed by atoms with E-state index in [1.165, 1.54) is 0 Å². The maximum Gasteiger partial charge on any atom is 0.336 e. The molecule has 0 fully saturated rings. The summed E-state index contributed by atoms with van der Waals surface area (Å²) in [5, 5.41) is 9.11. The number of benzene rings is 1. The average molecular weight is 263 g/mol. The van der Waals surface area contributed by atoms with E-state index >= 15 is 0 Å². The summed E-state index contributed by atoms with van der Waals surface area (Å²) in [6, 6.07) is 1.92. The number of pyridine rings is 1. The lowest BCUT2D eigenvalue weighted by Gasteiger charge is -2.11. The highest BCUT2D eigenvalue weighted by Gasteiger charge is 2.29. The van der Waals surface area contributed by atoms with Gasteiger partial charge in [-0.25, -0.2) is 18.6 Å². The van der Waals surface area contributed by atoms with Crippen molar-refractivity contribution in [2.24, 2.45) is 0 Å². The van der Waals surface area contributed by atoms with E-state index in [1.807, 2.05) is 6.92 Å². The van der Waals surface area contributed by atoms with Gasteiger partial charge < -0.3 is 5.11 Å². The Morgan fingerprint density at radius 1 is 1.37 bits per heavy atom. The standard InChI is InChI=1S/C14H11F2NO2/c1-6-2-3-7-10(14(18)19)11-8(15)4-5-9(16)13(11)17-12(6)7/h4-6H,2-3H2,1H3,(H,18,19). The minimum absolute atomic E-state index is 0.0696. The number of fused-ring (bicyclic) bond motifs is 2. The summed E-state index contributed by atoms with van der Waals surface area (Å²) in [5.41, 5.74) is 0.789. The van der Waals surface area contributed by atoms with E-state index < -0.39 is 17.6 Å². The molecule has 0 aliphatic heterocycles. The number of carboxylic acid groups (broad SMARTS) is 1. The van der Waals surface area contributed by atoms with Gasteiger partial charge >= 0.3 is 5.97 Å². The molecule has 0 amide bonds. The maximum atomic E-state index is 13.9. The molecule has 5 heteroatoms. The van der Waals surface area contributed by atoms with E-state index in [0.717, 1.165) is 18.6 Å². The molecule has 1 aromatic heterocycles. The van der Waals surface area contributed by atoms with Crippen LogP contribution in [0.4, 0.5) is 8.78 Å². The molecule has 1 unspecified atom stereocenters. The molecule has 2 aromatic rings. The van der Waals surface area contributed by atoms with Crippen LogP contribution in [0.3, 0.4) is 0 Å². The molecule has 0 bridgehead atoms. The molecule has 1 aromatic carbocycles. The van der Waals surface area contributed by atoms with E-state index in [1.54, 1.807) is 0 Å². The molecule has 1 heterocycles. The second-order valence-corrected chi connectivity index (χ2v) is 4.85. The SMILES string of the molecule is CC1CCc2c1nc1c(F)ccc(F)c1c2C(=O)O. The predicted octanol–water partition coefficient (Wildman–Crippen LogP) is 3.26. The molecular weight excluding hydrogens is 252 g/mol. The van der Waals surface area contributed by atoms with Gasteiger partial charge in [-0.2, -0.15) is 0 Å². The third kappa shape index (κ3) is 1.61. The van der Waals surface area contributed by atoms with Gasteiger partial charge in [-0.05, 0) is 36.5 Å². The van der Waals surface area contributed by atoms with E-state index in [9.17, 15) is 18.7 Å². The van der Waals surface area contributed by atoms with Crippen LogP contribution in [0.2, 0.25) is 0 Å². The second-order valence-electron chi connectivity index (χ2n) is 4.85. The zero-order valence-corrected chi connectivity index (χ0v) is 10.2. The Morgan fingerprint density at radius 3 is 2.74 bits per heavy atom. The number of hydrogen-bond acceptors (Lipinski definition) is 2. The molecule has 1 atom stereocenters. The first-order chi connectivity index (χ1) is 9.00. The molecule has 0 saturated heterocycles. The average Bonchev–Trinajstić information content (AvgIpc) is 2.73. The fraction of sp³-hybridized carbons (Fsp3) is 0.286. The lowest BCUT2D eigenvalue weighted by atomic mass is 10.00. The molecule has 0 saturated carbocycles. The Bertz CT molecular complexity index is 712. The smallest absolute Gasteiger partial charge is 0.336 e. The van der Waals surface area contributed by atoms with Crippen molar-refractivity contribution >= 4 is 16.9 Å². The highest BCUT2D eigenvalue weighted by atomic mass is 19.1. The number of hydrogen-bond donors (Lipinski definition) is 1. The van der Waals surface area contributed by atoms with Gasteiger partial charge in [0.2, 0.25) is 0 Å². The number of rotatable bonds is 1. The first-order valence-electron chi connectivity index (χ1n) is 6.04. The van der Waals surface area contributed by atoms with Crippen molar-refractivity contribution < 1.29 is 18.7 Å². The van der Waals surface area contributed by atoms with Crippen LogP contribution in [0.15, 0.2) is 12.1 Å². The number of carbonyl (C=O) groups is 1. The molecule has 1 aliphatic carbocycles. The van der Waals surface area contributed by atoms with Crippen molar-refractivity contribution in [1.29, 1.82) is 0 Å². The van der Waals surface area contributed by atoms with Crippen molar-refractivity contribution in [2.75, 3.05) is 0 Å². The Hall–Kier alpha value is -2.04. The topological polar surface area (TPSA) is 50.2 Å². The number of halogens is 2. The molecule has 0 spiro atoms. The fourth-order valence-corrected chi connectivity index (χ4v) is 2.75. The number of aromatic nitrogens is 1. The van der Waals surface area contributed by atoms with Crippen molar-refractivity contribution in [1.82, 2.24) is 4.98 Å². The first-order valence-corrected chi connectivity index (χ1v) is 6.04. The summed E-state index contributed by atoms with van der Waals surface area (Å²) in [5.74, 6) is -2.60. The van der Waals surface area contributed by atoms with Crippen LogP contribution in [-0.2, 0) is 6.42 Å². The van der Waals surface area contributed by atoms with Gasteiger partial charge in [0.15, 0.2) is 0 Å². The highest BCUT2D eigenvalue weighted by molar-refractivity contribution is 6.04. The van der Waals surface area contributed by atoms with Crippen molar-refractivity contribution in [2.45, 2.75) is 25.7 Å². The zero-order chi connectivity index (χ0) is 13.7. The summed E-state index contributed by atoms with van der Waals surface area (Å²) in [6.07, 6.45) is 1.29. The van der Waals surface area contributed by atoms with Crippen LogP contribution in [0.25, 0.3) is 10.9 Å². The molecule has 1 aliphatic rings. The van der Waals surface area contributed by atoms with Crippen LogP contribution in [-0.4, -0.2) is 16.1 Å². The van der Waals surface area contributed by atoms with Gasteiger partial charge in [0, 0.05) is 5.69 Å². The van der Waals surface area contributed by atoms with Gasteiger partial charge in [0.25, 0.3) is 0 Å². The van der Waals surface area contributed by atoms with Crippen LogP contribution in [0.1, 0.15) is 40.9 Å². The van der Waals surface area contributed by atoms with Gasteiger partial charge in [-0.1, -0.05) is 6.92 Å². The lowest BCUT2D eigenvalue weighted by Crippen LogP contribution is -2.08. The summed E-state index contributed by atoms with van der Waals surface area (Å²) in [7, 11) is 0. The van der Waals surface area contributed by atoms with Gasteiger partial charge in [-0.15, -0.1) is 0 Å². The van der Waals surface area contributed by atoms with Crippen molar-refractivity contribution in [3.05, 3.63) is 40.6 Å². The Balaban J connectivity index is 2.53. The molecule has 0 radical (unpaired) electrons. The molecule has 98 valence electrons. The largest absolute Gasteiger partial charge is 0.478 e. The lowest BCUT2D eigenvalue weighted by molar-refractivity contribution is 0.0697. The van der Waals surface area contributed by atoms with Crippen molar-refractivity contribution in [3.8, 4) is 0 Å². The molecule has 19 heavy (non-hydrogen) atoms. The first kappa shape index (κ1) is 12.0. The Morgan fingerprint density at radius 2 is 2.05 bits per heavy atom. The monoisotopic (exact) mass is 263 g/mol. The van der Waals surface area contributed by atoms with Gasteiger partial charge in [0.1, 0.15) is 17.2 Å². The number of aromatic carboxylic acids is 1. The minimum atomic E-state index is -1.23. The third-order valence-electron chi connectivity index (χ3n) is 3.68. The van der Waals surface area contributed by atoms with Gasteiger partial charge in [-0.3, -0.25) is 0 Å². The summed E-state index contributed by atoms with van der Waals surface area (Å²) in [6.45, 7) is 1.91. The van der Waals surface area contributed by atoms with Gasteiger partial charge in [0.05, 0.1) is 10.9 Å². The van der Waals surface area contributed by atoms with Crippen LogP contribution in [0.5, 0.6) is 0 Å². The van der Waals surface area contributed by atoms with E-state index in [0.29, 0.717) is 17.7 Å². The predicted molar refractivity (Wildman–Crippen MR) is 65.4 cm³/mol. The third-order valence-corrected chi connectivity index (χ3v) is 3.68. The number of carboxylic acids is 1. The van der Waals surface area contributed by atoms with E-state index in [-0.39, 0.29) is 22.4 Å². The molecular formula is C14H11F2NO2. The van der Waals surface area contributed by atoms with Crippen molar-refractivity contribution in [3.63, 3.8) is 0 Å². The van der Waals surface area contributed by atoms with E-state index in [2.05, 4.69) is 4.98 Å². The van der Waals surface area contributed by atoms with Crippen LogP contribution in [0, 0.1) is 11.6 Å². The molecule has 1 N–H and O–H groups in total. The number of nitrogens with zero attached hydrogens (tertiary/aromatic N) is 1. The summed E-state index contributed by atoms with van der Waals surface area (Å²) < 4.78 is 27.7. The fourth-order valence-electron chi connectivity index (χ4n) is 2.75. The van der Waals surface area contributed by atoms with E-state index in [4.69, 9.17) is 0 Å². The zero-order valence-electron chi connectivity index (χ0n) is 10.2. The Kier molecular flexibility index (Phi) is 2.52. The normalized spacial score (nSPS) is 17.7. The second kappa shape index (κ2) is 3.98. The quantitative estimate of drug-likeness (QED) is 0.859. The van der Waals surface area contributed by atoms with Crippen LogP contribution >= 0.6 is 0 Å². The Labute approximate surface area is 107 Å². The van der Waals surface area contributed by atoms with Crippen LogP contribution < -0.4 is 0 Å². The highest BCUT2D eigenvalue weighted by Crippen LogP contribution is 2.37.